The fourth-order valence-corrected chi connectivity index (χ4v) is 7.93. The number of benzene rings is 4. The van der Waals surface area contributed by atoms with Crippen molar-refractivity contribution in [1.29, 1.82) is 0 Å². The average Bonchev–Trinajstić information content (AvgIpc) is 3.16. The lowest BCUT2D eigenvalue weighted by molar-refractivity contribution is -0.140. The van der Waals surface area contributed by atoms with E-state index in [9.17, 15) is 18.0 Å². The molecule has 1 unspecified atom stereocenters. The van der Waals surface area contributed by atoms with Crippen LogP contribution < -0.4 is 23.8 Å². The van der Waals surface area contributed by atoms with E-state index in [1.807, 2.05) is 68.4 Å². The van der Waals surface area contributed by atoms with E-state index < -0.39 is 28.5 Å². The Morgan fingerprint density at radius 3 is 2.13 bits per heavy atom. The maximum atomic E-state index is 14.9. The van der Waals surface area contributed by atoms with Crippen molar-refractivity contribution in [3.8, 4) is 17.2 Å². The van der Waals surface area contributed by atoms with E-state index in [-0.39, 0.29) is 41.2 Å². The zero-order chi connectivity index (χ0) is 37.1. The Morgan fingerprint density at radius 1 is 0.827 bits per heavy atom. The smallest absolute Gasteiger partial charge is 0.264 e. The van der Waals surface area contributed by atoms with Crippen molar-refractivity contribution in [3.05, 3.63) is 114 Å². The second-order valence-corrected chi connectivity index (χ2v) is 14.9. The molecule has 276 valence electrons. The van der Waals surface area contributed by atoms with E-state index in [1.54, 1.807) is 24.3 Å². The molecular weight excluding hydrogens is 679 g/mol. The van der Waals surface area contributed by atoms with Gasteiger partial charge in [0.25, 0.3) is 10.0 Å². The van der Waals surface area contributed by atoms with E-state index >= 15 is 0 Å². The number of ether oxygens (including phenoxy) is 3. The molecule has 0 saturated heterocycles. The third-order valence-corrected chi connectivity index (χ3v) is 11.1. The predicted octanol–water partition coefficient (Wildman–Crippen LogP) is 6.70. The Bertz CT molecular complexity index is 1880. The van der Waals surface area contributed by atoms with Crippen LogP contribution in [0.4, 0.5) is 5.69 Å². The number of carbonyl (C=O) groups excluding carboxylic acids is 2. The number of nitrogens with zero attached hydrogens (tertiary/aromatic N) is 2. The Hall–Kier alpha value is -5.03. The lowest BCUT2D eigenvalue weighted by Gasteiger charge is -2.35. The molecule has 1 saturated carbocycles. The minimum absolute atomic E-state index is 0.0154. The van der Waals surface area contributed by atoms with Crippen molar-refractivity contribution in [1.82, 2.24) is 10.2 Å². The van der Waals surface area contributed by atoms with E-state index in [1.165, 1.54) is 37.3 Å². The minimum atomic E-state index is -4.36. The quantitative estimate of drug-likeness (QED) is 0.137. The first-order valence-electron chi connectivity index (χ1n) is 17.8. The summed E-state index contributed by atoms with van der Waals surface area (Å²) in [5.74, 6) is 0.362. The van der Waals surface area contributed by atoms with Crippen molar-refractivity contribution in [3.63, 3.8) is 0 Å². The van der Waals surface area contributed by atoms with Crippen LogP contribution in [0, 0.1) is 6.92 Å². The summed E-state index contributed by atoms with van der Waals surface area (Å²) in [6.45, 7) is 3.81. The van der Waals surface area contributed by atoms with Crippen LogP contribution in [0.2, 0.25) is 0 Å². The third kappa shape index (κ3) is 9.64. The number of anilines is 1. The molecule has 1 aliphatic carbocycles. The number of sulfonamides is 1. The van der Waals surface area contributed by atoms with E-state index in [0.717, 1.165) is 53.1 Å². The molecule has 0 bridgehead atoms. The number of nitrogens with one attached hydrogen (secondary N) is 1. The van der Waals surface area contributed by atoms with Gasteiger partial charge in [0.2, 0.25) is 11.8 Å². The number of rotatable bonds is 16. The number of aryl methyl sites for hydroxylation is 1. The highest BCUT2D eigenvalue weighted by molar-refractivity contribution is 7.92. The van der Waals surface area contributed by atoms with Crippen LogP contribution in [0.5, 0.6) is 17.2 Å². The van der Waals surface area contributed by atoms with E-state index in [2.05, 4.69) is 5.32 Å². The monoisotopic (exact) mass is 727 g/mol. The molecule has 0 radical (unpaired) electrons. The molecule has 52 heavy (non-hydrogen) atoms. The summed E-state index contributed by atoms with van der Waals surface area (Å²) in [7, 11) is -1.47. The minimum Gasteiger partial charge on any atom is -0.494 e. The van der Waals surface area contributed by atoms with Crippen LogP contribution in [0.25, 0.3) is 0 Å². The predicted molar refractivity (Wildman–Crippen MR) is 202 cm³/mol. The lowest BCUT2D eigenvalue weighted by Crippen LogP contribution is -2.55. The Morgan fingerprint density at radius 2 is 1.50 bits per heavy atom. The number of hydrogen-bond donors (Lipinski definition) is 1. The fraction of sp³-hybridized carbons (Fsp3) is 0.366. The molecule has 1 aliphatic rings. The van der Waals surface area contributed by atoms with Crippen LogP contribution in [0.15, 0.2) is 102 Å². The summed E-state index contributed by atoms with van der Waals surface area (Å²) >= 11 is 0. The highest BCUT2D eigenvalue weighted by Crippen LogP contribution is 2.33. The van der Waals surface area contributed by atoms with Gasteiger partial charge in [0.15, 0.2) is 11.5 Å². The summed E-state index contributed by atoms with van der Waals surface area (Å²) in [5.41, 5.74) is 3.01. The van der Waals surface area contributed by atoms with Crippen molar-refractivity contribution in [2.45, 2.75) is 75.9 Å². The molecule has 10 nitrogen and oxygen atoms in total. The van der Waals surface area contributed by atoms with Crippen LogP contribution in [-0.4, -0.2) is 64.6 Å². The van der Waals surface area contributed by atoms with Crippen molar-refractivity contribution < 1.29 is 32.2 Å². The Kier molecular flexibility index (Phi) is 13.2. The molecular formula is C41H49N3O7S. The van der Waals surface area contributed by atoms with Gasteiger partial charge in [0.1, 0.15) is 18.3 Å². The highest BCUT2D eigenvalue weighted by atomic mass is 32.2. The molecule has 0 heterocycles. The summed E-state index contributed by atoms with van der Waals surface area (Å²) in [6.07, 6.45) is 5.21. The first-order chi connectivity index (χ1) is 25.1. The lowest BCUT2D eigenvalue weighted by atomic mass is 9.94. The summed E-state index contributed by atoms with van der Waals surface area (Å²) in [5, 5.41) is 3.25. The zero-order valence-electron chi connectivity index (χ0n) is 30.4. The summed E-state index contributed by atoms with van der Waals surface area (Å²) < 4.78 is 46.6. The molecule has 1 atom stereocenters. The molecule has 2 amide bonds. The van der Waals surface area contributed by atoms with Gasteiger partial charge in [-0.25, -0.2) is 8.42 Å². The van der Waals surface area contributed by atoms with Gasteiger partial charge in [-0.1, -0.05) is 79.4 Å². The van der Waals surface area contributed by atoms with Crippen LogP contribution in [0.1, 0.15) is 55.7 Å². The number of methoxy groups -OCH3 is 2. The fourth-order valence-electron chi connectivity index (χ4n) is 6.50. The third-order valence-electron chi connectivity index (χ3n) is 9.35. The molecule has 4 aromatic carbocycles. The topological polar surface area (TPSA) is 114 Å². The molecule has 5 rings (SSSR count). The zero-order valence-corrected chi connectivity index (χ0v) is 31.2. The first-order valence-corrected chi connectivity index (χ1v) is 19.2. The van der Waals surface area contributed by atoms with Gasteiger partial charge in [0, 0.05) is 25.1 Å². The van der Waals surface area contributed by atoms with E-state index in [0.29, 0.717) is 18.1 Å². The van der Waals surface area contributed by atoms with Crippen LogP contribution in [0.3, 0.4) is 0 Å². The molecule has 0 aliphatic heterocycles. The van der Waals surface area contributed by atoms with Gasteiger partial charge in [-0.15, -0.1) is 0 Å². The molecule has 0 aromatic heterocycles. The average molecular weight is 728 g/mol. The summed E-state index contributed by atoms with van der Waals surface area (Å²) in [6, 6.07) is 27.3. The van der Waals surface area contributed by atoms with Gasteiger partial charge < -0.3 is 24.4 Å². The maximum Gasteiger partial charge on any atom is 0.264 e. The molecule has 11 heteroatoms. The van der Waals surface area contributed by atoms with Crippen molar-refractivity contribution >= 4 is 27.5 Å². The second-order valence-electron chi connectivity index (χ2n) is 13.0. The van der Waals surface area contributed by atoms with E-state index in [4.69, 9.17) is 14.2 Å². The standard InChI is InChI=1S/C41H49N3O7S/c1-5-51-35-22-20-34(21-23-35)44(52(47,48)36-24-25-38(49-3)39(27-36)50-4)29-40(45)43(28-32-18-16-30(2)17-19-32)37(26-31-12-8-6-9-13-31)41(46)42-33-14-10-7-11-15-33/h6,8-9,12-13,16-25,27,33,37H,5,7,10-11,14-15,26,28-29H2,1-4H3,(H,42,46). The van der Waals surface area contributed by atoms with Gasteiger partial charge >= 0.3 is 0 Å². The number of amides is 2. The van der Waals surface area contributed by atoms with Gasteiger partial charge in [0.05, 0.1) is 31.4 Å². The number of carbonyl (C=O) groups is 2. The molecule has 4 aromatic rings. The molecule has 1 fully saturated rings. The maximum absolute atomic E-state index is 14.9. The normalized spacial score (nSPS) is 13.8. The van der Waals surface area contributed by atoms with Gasteiger partial charge in [-0.05, 0) is 74.2 Å². The Labute approximate surface area is 307 Å². The number of hydrogen-bond acceptors (Lipinski definition) is 7. The highest BCUT2D eigenvalue weighted by Gasteiger charge is 2.36. The van der Waals surface area contributed by atoms with Crippen molar-refractivity contribution in [2.24, 2.45) is 0 Å². The molecule has 1 N–H and O–H groups in total. The summed E-state index contributed by atoms with van der Waals surface area (Å²) in [4.78, 5) is 30.6. The second kappa shape index (κ2) is 17.9. The van der Waals surface area contributed by atoms with Crippen molar-refractivity contribution in [2.75, 3.05) is 31.7 Å². The van der Waals surface area contributed by atoms with Crippen LogP contribution >= 0.6 is 0 Å². The first kappa shape index (κ1) is 38.2. The van der Waals surface area contributed by atoms with Gasteiger partial charge in [-0.2, -0.15) is 0 Å². The molecule has 0 spiro atoms. The SMILES string of the molecule is CCOc1ccc(N(CC(=O)N(Cc2ccc(C)cc2)C(Cc2ccccc2)C(=O)NC2CCCCC2)S(=O)(=O)c2ccc(OC)c(OC)c2)cc1. The Balaban J connectivity index is 1.58. The largest absolute Gasteiger partial charge is 0.494 e. The van der Waals surface area contributed by atoms with Crippen LogP contribution in [-0.2, 0) is 32.6 Å². The van der Waals surface area contributed by atoms with Gasteiger partial charge in [-0.3, -0.25) is 13.9 Å².